The standard InChI is InChI=1S/C16H20.Li.H/c1-3-11(2)15-8-7-14-9-12-5-4-6-13(12)10-16(14)15;;/h7-11,15H,3-6H2,1-2H3;;. The van der Waals surface area contributed by atoms with Gasteiger partial charge in [-0.1, -0.05) is 44.6 Å². The molecule has 0 fully saturated rings. The van der Waals surface area contributed by atoms with Crippen molar-refractivity contribution in [2.75, 3.05) is 0 Å². The van der Waals surface area contributed by atoms with Crippen LogP contribution in [0.1, 0.15) is 54.9 Å². The van der Waals surface area contributed by atoms with Gasteiger partial charge < -0.3 is 0 Å². The molecule has 17 heavy (non-hydrogen) atoms. The van der Waals surface area contributed by atoms with Gasteiger partial charge in [-0.2, -0.15) is 0 Å². The van der Waals surface area contributed by atoms with E-state index in [0.717, 1.165) is 5.92 Å². The van der Waals surface area contributed by atoms with E-state index in [1.165, 1.54) is 31.2 Å². The predicted molar refractivity (Wildman–Crippen MR) is 76.8 cm³/mol. The van der Waals surface area contributed by atoms with Crippen molar-refractivity contribution in [3.63, 3.8) is 0 Å². The Bertz CT molecular complexity index is 445. The Labute approximate surface area is 117 Å². The van der Waals surface area contributed by atoms with E-state index in [0.29, 0.717) is 5.92 Å². The molecule has 0 N–H and O–H groups in total. The molecule has 0 saturated heterocycles. The third-order valence-corrected chi connectivity index (χ3v) is 4.40. The molecule has 2 unspecified atom stereocenters. The van der Waals surface area contributed by atoms with Crippen LogP contribution >= 0.6 is 0 Å². The molecular formula is C16H21Li. The van der Waals surface area contributed by atoms with E-state index < -0.39 is 0 Å². The molecule has 0 saturated carbocycles. The number of rotatable bonds is 2. The molecule has 1 aromatic rings. The maximum atomic E-state index is 2.49. The fraction of sp³-hybridized carbons (Fsp3) is 0.500. The van der Waals surface area contributed by atoms with Crippen LogP contribution in [0.2, 0.25) is 0 Å². The van der Waals surface area contributed by atoms with Crippen LogP contribution in [-0.2, 0) is 12.8 Å². The number of benzene rings is 1. The van der Waals surface area contributed by atoms with Crippen LogP contribution in [-0.4, -0.2) is 18.9 Å². The molecule has 0 radical (unpaired) electrons. The van der Waals surface area contributed by atoms with Crippen molar-refractivity contribution in [1.82, 2.24) is 0 Å². The molecule has 2 aliphatic rings. The summed E-state index contributed by atoms with van der Waals surface area (Å²) in [4.78, 5) is 0. The van der Waals surface area contributed by atoms with Crippen LogP contribution in [0.15, 0.2) is 18.2 Å². The number of hydrogen-bond acceptors (Lipinski definition) is 0. The summed E-state index contributed by atoms with van der Waals surface area (Å²) < 4.78 is 0. The molecule has 0 aliphatic heterocycles. The maximum absolute atomic E-state index is 2.49. The van der Waals surface area contributed by atoms with Crippen molar-refractivity contribution >= 4 is 24.9 Å². The van der Waals surface area contributed by atoms with Gasteiger partial charge in [-0.3, -0.25) is 0 Å². The topological polar surface area (TPSA) is 0 Å². The summed E-state index contributed by atoms with van der Waals surface area (Å²) in [5, 5.41) is 0. The molecule has 86 valence electrons. The zero-order valence-corrected chi connectivity index (χ0v) is 10.3. The molecule has 0 nitrogen and oxygen atoms in total. The van der Waals surface area contributed by atoms with Crippen LogP contribution in [0.5, 0.6) is 0 Å². The van der Waals surface area contributed by atoms with Gasteiger partial charge in [0, 0.05) is 5.92 Å². The van der Waals surface area contributed by atoms with Gasteiger partial charge >= 0.3 is 18.9 Å². The molecule has 0 bridgehead atoms. The molecule has 2 atom stereocenters. The average molecular weight is 220 g/mol. The molecule has 2 aliphatic carbocycles. The number of fused-ring (bicyclic) bond motifs is 2. The van der Waals surface area contributed by atoms with Crippen LogP contribution in [0.4, 0.5) is 0 Å². The first-order chi connectivity index (χ1) is 7.79. The monoisotopic (exact) mass is 220 g/mol. The molecule has 0 amide bonds. The van der Waals surface area contributed by atoms with E-state index in [4.69, 9.17) is 0 Å². The van der Waals surface area contributed by atoms with Gasteiger partial charge in [0.15, 0.2) is 0 Å². The molecule has 1 heteroatoms. The van der Waals surface area contributed by atoms with Crippen molar-refractivity contribution in [2.24, 2.45) is 5.92 Å². The molecule has 0 aromatic heterocycles. The summed E-state index contributed by atoms with van der Waals surface area (Å²) in [6, 6.07) is 4.94. The van der Waals surface area contributed by atoms with Crippen molar-refractivity contribution in [3.8, 4) is 0 Å². The molecular weight excluding hydrogens is 199 g/mol. The van der Waals surface area contributed by atoms with Crippen molar-refractivity contribution in [2.45, 2.75) is 45.4 Å². The van der Waals surface area contributed by atoms with Gasteiger partial charge in [0.2, 0.25) is 0 Å². The minimum absolute atomic E-state index is 0. The van der Waals surface area contributed by atoms with Gasteiger partial charge in [0.05, 0.1) is 0 Å². The third kappa shape index (κ3) is 2.14. The number of hydrogen-bond donors (Lipinski definition) is 0. The SMILES string of the molecule is CCC(C)C1C=Cc2cc3c(cc21)CCC3.[LiH]. The Morgan fingerprint density at radius 3 is 2.65 bits per heavy atom. The van der Waals surface area contributed by atoms with Crippen molar-refractivity contribution in [3.05, 3.63) is 40.5 Å². The quantitative estimate of drug-likeness (QED) is 0.667. The predicted octanol–water partition coefficient (Wildman–Crippen LogP) is 3.68. The summed E-state index contributed by atoms with van der Waals surface area (Å²) >= 11 is 0. The van der Waals surface area contributed by atoms with E-state index in [1.807, 2.05) is 0 Å². The molecule has 1 aromatic carbocycles. The Kier molecular flexibility index (Phi) is 3.86. The Morgan fingerprint density at radius 2 is 1.94 bits per heavy atom. The summed E-state index contributed by atoms with van der Waals surface area (Å²) in [5.41, 5.74) is 6.31. The summed E-state index contributed by atoms with van der Waals surface area (Å²) in [7, 11) is 0. The van der Waals surface area contributed by atoms with E-state index in [-0.39, 0.29) is 18.9 Å². The van der Waals surface area contributed by atoms with Crippen molar-refractivity contribution < 1.29 is 0 Å². The Hall–Kier alpha value is -0.443. The van der Waals surface area contributed by atoms with Gasteiger partial charge in [0.1, 0.15) is 0 Å². The zero-order valence-electron chi connectivity index (χ0n) is 10.3. The summed E-state index contributed by atoms with van der Waals surface area (Å²) in [6.45, 7) is 4.67. The first kappa shape index (κ1) is 13.0. The average Bonchev–Trinajstić information content (AvgIpc) is 2.90. The van der Waals surface area contributed by atoms with Gasteiger partial charge in [-0.05, 0) is 47.4 Å². The minimum atomic E-state index is 0. The zero-order chi connectivity index (χ0) is 11.1. The number of allylic oxidation sites excluding steroid dienone is 1. The second-order valence-corrected chi connectivity index (χ2v) is 5.37. The Morgan fingerprint density at radius 1 is 1.24 bits per heavy atom. The molecule has 3 rings (SSSR count). The van der Waals surface area contributed by atoms with E-state index >= 15 is 0 Å². The van der Waals surface area contributed by atoms with Crippen LogP contribution in [0.3, 0.4) is 0 Å². The van der Waals surface area contributed by atoms with E-state index in [1.54, 1.807) is 16.7 Å². The second-order valence-electron chi connectivity index (χ2n) is 5.37. The summed E-state index contributed by atoms with van der Waals surface area (Å²) in [6.07, 6.45) is 9.97. The van der Waals surface area contributed by atoms with E-state index in [9.17, 15) is 0 Å². The second kappa shape index (κ2) is 5.05. The van der Waals surface area contributed by atoms with Crippen LogP contribution < -0.4 is 0 Å². The number of aryl methyl sites for hydroxylation is 2. The Balaban J connectivity index is 0.00000108. The normalized spacial score (nSPS) is 21.9. The fourth-order valence-electron chi connectivity index (χ4n) is 3.16. The van der Waals surface area contributed by atoms with Crippen LogP contribution in [0, 0.1) is 5.92 Å². The summed E-state index contributed by atoms with van der Waals surface area (Å²) in [5.74, 6) is 1.45. The fourth-order valence-corrected chi connectivity index (χ4v) is 3.16. The van der Waals surface area contributed by atoms with Crippen LogP contribution in [0.25, 0.3) is 6.08 Å². The third-order valence-electron chi connectivity index (χ3n) is 4.40. The van der Waals surface area contributed by atoms with Gasteiger partial charge in [0.25, 0.3) is 0 Å². The molecule has 0 spiro atoms. The van der Waals surface area contributed by atoms with Crippen molar-refractivity contribution in [1.29, 1.82) is 0 Å². The first-order valence-electron chi connectivity index (χ1n) is 6.63. The van der Waals surface area contributed by atoms with Gasteiger partial charge in [-0.25, -0.2) is 0 Å². The van der Waals surface area contributed by atoms with Gasteiger partial charge in [-0.15, -0.1) is 0 Å². The first-order valence-corrected chi connectivity index (χ1v) is 6.63. The van der Waals surface area contributed by atoms with E-state index in [2.05, 4.69) is 38.1 Å². The molecule has 0 heterocycles.